The fourth-order valence-electron chi connectivity index (χ4n) is 2.47. The number of amides is 2. The van der Waals surface area contributed by atoms with Crippen LogP contribution in [0, 0.1) is 18.6 Å². The number of aromatic nitrogens is 1. The second kappa shape index (κ2) is 6.95. The van der Waals surface area contributed by atoms with Crippen LogP contribution in [0.5, 0.6) is 0 Å². The van der Waals surface area contributed by atoms with E-state index in [9.17, 15) is 13.6 Å². The Morgan fingerprint density at radius 2 is 2.08 bits per heavy atom. The number of nitrogens with one attached hydrogen (secondary N) is 1. The molecule has 0 saturated heterocycles. The Morgan fingerprint density at radius 3 is 2.71 bits per heavy atom. The highest BCUT2D eigenvalue weighted by Crippen LogP contribution is 2.29. The van der Waals surface area contributed by atoms with E-state index in [-0.39, 0.29) is 18.6 Å². The van der Waals surface area contributed by atoms with E-state index in [1.165, 1.54) is 12.1 Å². The molecule has 2 aromatic rings. The Hall–Kier alpha value is -2.50. The third-order valence-corrected chi connectivity index (χ3v) is 4.02. The number of aryl methyl sites for hydroxylation is 1. The van der Waals surface area contributed by atoms with Crippen LogP contribution < -0.4 is 5.32 Å². The van der Waals surface area contributed by atoms with Gasteiger partial charge in [-0.1, -0.05) is 12.1 Å². The van der Waals surface area contributed by atoms with Gasteiger partial charge in [-0.2, -0.15) is 0 Å². The summed E-state index contributed by atoms with van der Waals surface area (Å²) in [5, 5.41) is 2.84. The Morgan fingerprint density at radius 1 is 1.29 bits per heavy atom. The summed E-state index contributed by atoms with van der Waals surface area (Å²) in [7, 11) is 0. The molecule has 4 nitrogen and oxygen atoms in total. The van der Waals surface area contributed by atoms with Crippen LogP contribution in [0.4, 0.5) is 13.6 Å². The molecule has 0 aliphatic heterocycles. The van der Waals surface area contributed by atoms with Gasteiger partial charge in [0, 0.05) is 36.1 Å². The summed E-state index contributed by atoms with van der Waals surface area (Å²) in [6.45, 7) is 2.39. The van der Waals surface area contributed by atoms with Gasteiger partial charge in [0.2, 0.25) is 0 Å². The largest absolute Gasteiger partial charge is 0.334 e. The van der Waals surface area contributed by atoms with Gasteiger partial charge in [0.15, 0.2) is 0 Å². The molecule has 24 heavy (non-hydrogen) atoms. The van der Waals surface area contributed by atoms with E-state index in [0.717, 1.165) is 30.2 Å². The molecule has 1 saturated carbocycles. The fourth-order valence-corrected chi connectivity index (χ4v) is 2.47. The minimum absolute atomic E-state index is 0.116. The number of benzene rings is 1. The smallest absolute Gasteiger partial charge is 0.318 e. The van der Waals surface area contributed by atoms with Gasteiger partial charge in [-0.3, -0.25) is 4.98 Å². The molecule has 0 atom stereocenters. The molecule has 1 aliphatic carbocycles. The highest BCUT2D eigenvalue weighted by atomic mass is 19.1. The van der Waals surface area contributed by atoms with Gasteiger partial charge < -0.3 is 10.2 Å². The topological polar surface area (TPSA) is 45.2 Å². The Bertz CT molecular complexity index is 730. The van der Waals surface area contributed by atoms with E-state index < -0.39 is 11.6 Å². The molecule has 1 heterocycles. The van der Waals surface area contributed by atoms with Crippen LogP contribution in [0.2, 0.25) is 0 Å². The van der Waals surface area contributed by atoms with E-state index in [4.69, 9.17) is 0 Å². The normalized spacial score (nSPS) is 13.6. The van der Waals surface area contributed by atoms with Gasteiger partial charge in [-0.05, 0) is 37.5 Å². The molecule has 1 aliphatic rings. The molecule has 126 valence electrons. The average molecular weight is 331 g/mol. The Kier molecular flexibility index (Phi) is 4.74. The maximum Gasteiger partial charge on any atom is 0.318 e. The molecule has 0 unspecified atom stereocenters. The van der Waals surface area contributed by atoms with Crippen molar-refractivity contribution in [1.29, 1.82) is 0 Å². The maximum absolute atomic E-state index is 13.8. The van der Waals surface area contributed by atoms with Crippen molar-refractivity contribution < 1.29 is 13.6 Å². The molecule has 2 amide bonds. The predicted octanol–water partition coefficient (Wildman–Crippen LogP) is 3.54. The van der Waals surface area contributed by atoms with Crippen molar-refractivity contribution >= 4 is 6.03 Å². The number of carbonyl (C=O) groups excluding carboxylic acids is 1. The number of carbonyl (C=O) groups is 1. The van der Waals surface area contributed by atoms with E-state index >= 15 is 0 Å². The lowest BCUT2D eigenvalue weighted by molar-refractivity contribution is 0.191. The Balaban J connectivity index is 1.64. The molecule has 0 spiro atoms. The molecular formula is C18H19F2N3O. The van der Waals surface area contributed by atoms with Crippen molar-refractivity contribution in [3.8, 4) is 0 Å². The van der Waals surface area contributed by atoms with Crippen LogP contribution >= 0.6 is 0 Å². The fraction of sp³-hybridized carbons (Fsp3) is 0.333. The molecule has 0 bridgehead atoms. The molecule has 1 fully saturated rings. The summed E-state index contributed by atoms with van der Waals surface area (Å²) in [5.74, 6) is -1.25. The van der Waals surface area contributed by atoms with Crippen molar-refractivity contribution in [2.45, 2.75) is 38.9 Å². The summed E-state index contributed by atoms with van der Waals surface area (Å²) < 4.78 is 26.9. The van der Waals surface area contributed by atoms with Crippen LogP contribution in [-0.2, 0) is 13.1 Å². The van der Waals surface area contributed by atoms with E-state index in [2.05, 4.69) is 10.3 Å². The lowest BCUT2D eigenvalue weighted by Crippen LogP contribution is -2.40. The van der Waals surface area contributed by atoms with Gasteiger partial charge in [0.05, 0.1) is 6.54 Å². The number of halogens is 2. The van der Waals surface area contributed by atoms with Crippen LogP contribution in [0.1, 0.15) is 29.7 Å². The van der Waals surface area contributed by atoms with Crippen LogP contribution in [0.3, 0.4) is 0 Å². The molecule has 6 heteroatoms. The minimum atomic E-state index is -0.629. The third-order valence-electron chi connectivity index (χ3n) is 4.02. The number of hydrogen-bond donors (Lipinski definition) is 1. The van der Waals surface area contributed by atoms with Crippen molar-refractivity contribution in [1.82, 2.24) is 15.2 Å². The van der Waals surface area contributed by atoms with Crippen LogP contribution in [0.25, 0.3) is 0 Å². The van der Waals surface area contributed by atoms with E-state index in [1.807, 2.05) is 19.1 Å². The SMILES string of the molecule is Cc1ccc(CNC(=O)N(Cc2ccc(F)cc2F)C2CC2)cn1. The van der Waals surface area contributed by atoms with Crippen LogP contribution in [-0.4, -0.2) is 22.0 Å². The molecule has 0 radical (unpaired) electrons. The van der Waals surface area contributed by atoms with Crippen molar-refractivity contribution in [2.24, 2.45) is 0 Å². The summed E-state index contributed by atoms with van der Waals surface area (Å²) >= 11 is 0. The van der Waals surface area contributed by atoms with Crippen molar-refractivity contribution in [3.05, 3.63) is 65.0 Å². The van der Waals surface area contributed by atoms with Gasteiger partial charge in [-0.15, -0.1) is 0 Å². The number of rotatable bonds is 5. The Labute approximate surface area is 139 Å². The molecular weight excluding hydrogens is 312 g/mol. The number of nitrogens with zero attached hydrogens (tertiary/aromatic N) is 2. The quantitative estimate of drug-likeness (QED) is 0.911. The first kappa shape index (κ1) is 16.4. The van der Waals surface area contributed by atoms with Gasteiger partial charge in [-0.25, -0.2) is 13.6 Å². The second-order valence-corrected chi connectivity index (χ2v) is 6.06. The monoisotopic (exact) mass is 331 g/mol. The van der Waals surface area contributed by atoms with Crippen molar-refractivity contribution in [2.75, 3.05) is 0 Å². The summed E-state index contributed by atoms with van der Waals surface area (Å²) in [6, 6.07) is 7.09. The highest BCUT2D eigenvalue weighted by Gasteiger charge is 2.33. The van der Waals surface area contributed by atoms with E-state index in [0.29, 0.717) is 12.1 Å². The average Bonchev–Trinajstić information content (AvgIpc) is 3.38. The van der Waals surface area contributed by atoms with Gasteiger partial charge in [0.1, 0.15) is 11.6 Å². The van der Waals surface area contributed by atoms with E-state index in [1.54, 1.807) is 11.1 Å². The number of hydrogen-bond acceptors (Lipinski definition) is 2. The first-order chi connectivity index (χ1) is 11.5. The summed E-state index contributed by atoms with van der Waals surface area (Å²) in [5.41, 5.74) is 2.13. The molecule has 1 aromatic heterocycles. The first-order valence-corrected chi connectivity index (χ1v) is 7.93. The zero-order valence-corrected chi connectivity index (χ0v) is 13.4. The van der Waals surface area contributed by atoms with Crippen molar-refractivity contribution in [3.63, 3.8) is 0 Å². The number of pyridine rings is 1. The van der Waals surface area contributed by atoms with Gasteiger partial charge in [0.25, 0.3) is 0 Å². The minimum Gasteiger partial charge on any atom is -0.334 e. The first-order valence-electron chi connectivity index (χ1n) is 7.93. The summed E-state index contributed by atoms with van der Waals surface area (Å²) in [4.78, 5) is 18.2. The zero-order chi connectivity index (χ0) is 17.1. The summed E-state index contributed by atoms with van der Waals surface area (Å²) in [6.07, 6.45) is 3.53. The van der Waals surface area contributed by atoms with Crippen LogP contribution in [0.15, 0.2) is 36.5 Å². The lowest BCUT2D eigenvalue weighted by Gasteiger charge is -2.23. The predicted molar refractivity (Wildman–Crippen MR) is 86.1 cm³/mol. The standard InChI is InChI=1S/C18H19F2N3O/c1-12-2-3-13(9-21-12)10-22-18(24)23(16-6-7-16)11-14-4-5-15(19)8-17(14)20/h2-5,8-9,16H,6-7,10-11H2,1H3,(H,22,24). The lowest BCUT2D eigenvalue weighted by atomic mass is 10.2. The molecule has 3 rings (SSSR count). The zero-order valence-electron chi connectivity index (χ0n) is 13.4. The van der Waals surface area contributed by atoms with Gasteiger partial charge >= 0.3 is 6.03 Å². The molecule has 1 N–H and O–H groups in total. The number of urea groups is 1. The maximum atomic E-state index is 13.8. The molecule has 1 aromatic carbocycles. The third kappa shape index (κ3) is 4.07. The second-order valence-electron chi connectivity index (χ2n) is 6.06. The highest BCUT2D eigenvalue weighted by molar-refractivity contribution is 5.75.